The minimum atomic E-state index is -0.102. The van der Waals surface area contributed by atoms with E-state index in [4.69, 9.17) is 11.6 Å². The number of aromatic nitrogens is 2. The maximum atomic E-state index is 11.4. The predicted octanol–water partition coefficient (Wildman–Crippen LogP) is 2.41. The van der Waals surface area contributed by atoms with Gasteiger partial charge in [-0.3, -0.25) is 4.79 Å². The average Bonchev–Trinajstić information content (AvgIpc) is 2.25. The number of benzene rings is 1. The molecule has 4 heteroatoms. The first-order valence-corrected chi connectivity index (χ1v) is 5.26. The molecule has 0 unspecified atom stereocenters. The molecule has 2 aromatic rings. The summed E-state index contributed by atoms with van der Waals surface area (Å²) in [6.45, 7) is 1.87. The van der Waals surface area contributed by atoms with Crippen LogP contribution in [0, 0.1) is 6.92 Å². The first kappa shape index (κ1) is 10.9. The van der Waals surface area contributed by atoms with Crippen LogP contribution in [-0.4, -0.2) is 9.78 Å². The minimum absolute atomic E-state index is 0.102. The lowest BCUT2D eigenvalue weighted by Gasteiger charge is -2.06. The van der Waals surface area contributed by atoms with Crippen LogP contribution in [-0.2, 0) is 7.05 Å². The van der Waals surface area contributed by atoms with E-state index in [1.54, 1.807) is 13.1 Å². The quantitative estimate of drug-likeness (QED) is 0.760. The van der Waals surface area contributed by atoms with Gasteiger partial charge in [-0.25, -0.2) is 4.68 Å². The van der Waals surface area contributed by atoms with Gasteiger partial charge in [0.15, 0.2) is 0 Å². The Hall–Kier alpha value is -1.61. The third-order valence-corrected chi connectivity index (χ3v) is 2.65. The molecule has 0 aliphatic rings. The molecule has 1 aromatic heterocycles. The van der Waals surface area contributed by atoms with Crippen molar-refractivity contribution in [3.63, 3.8) is 0 Å². The molecule has 0 N–H and O–H groups in total. The Morgan fingerprint density at radius 2 is 1.88 bits per heavy atom. The molecule has 0 aliphatic heterocycles. The van der Waals surface area contributed by atoms with Crippen LogP contribution in [0.2, 0.25) is 5.02 Å². The summed E-state index contributed by atoms with van der Waals surface area (Å²) in [7, 11) is 1.64. The van der Waals surface area contributed by atoms with Gasteiger partial charge >= 0.3 is 0 Å². The maximum Gasteiger partial charge on any atom is 0.266 e. The highest BCUT2D eigenvalue weighted by Crippen LogP contribution is 2.21. The monoisotopic (exact) mass is 234 g/mol. The lowest BCUT2D eigenvalue weighted by molar-refractivity contribution is 0.708. The number of aryl methyl sites for hydroxylation is 2. The molecule has 3 nitrogen and oxygen atoms in total. The van der Waals surface area contributed by atoms with E-state index in [0.717, 1.165) is 16.8 Å². The Morgan fingerprint density at radius 3 is 2.50 bits per heavy atom. The molecule has 0 radical (unpaired) electrons. The molecule has 0 aliphatic carbocycles. The van der Waals surface area contributed by atoms with E-state index >= 15 is 0 Å². The molecule has 0 saturated carbocycles. The van der Waals surface area contributed by atoms with Crippen LogP contribution < -0.4 is 5.56 Å². The van der Waals surface area contributed by atoms with Crippen LogP contribution in [0.1, 0.15) is 5.56 Å². The minimum Gasteiger partial charge on any atom is -0.268 e. The predicted molar refractivity (Wildman–Crippen MR) is 64.7 cm³/mol. The molecule has 1 heterocycles. The molecular formula is C12H11ClN2O. The van der Waals surface area contributed by atoms with Crippen molar-refractivity contribution in [1.29, 1.82) is 0 Å². The van der Waals surface area contributed by atoms with Gasteiger partial charge in [0.05, 0.1) is 5.69 Å². The third kappa shape index (κ3) is 1.99. The van der Waals surface area contributed by atoms with Crippen LogP contribution >= 0.6 is 11.6 Å². The zero-order chi connectivity index (χ0) is 11.7. The van der Waals surface area contributed by atoms with Gasteiger partial charge < -0.3 is 0 Å². The SMILES string of the molecule is Cc1cc(=O)n(C)nc1-c1ccc(Cl)cc1. The molecule has 2 rings (SSSR count). The standard InChI is InChI=1S/C12H11ClN2O/c1-8-7-11(16)15(2)14-12(8)9-3-5-10(13)6-4-9/h3-7H,1-2H3. The first-order chi connectivity index (χ1) is 7.58. The summed E-state index contributed by atoms with van der Waals surface area (Å²) in [5, 5.41) is 4.92. The van der Waals surface area contributed by atoms with Crippen molar-refractivity contribution in [2.24, 2.45) is 7.05 Å². The van der Waals surface area contributed by atoms with Crippen molar-refractivity contribution in [3.8, 4) is 11.3 Å². The van der Waals surface area contributed by atoms with Crippen molar-refractivity contribution in [1.82, 2.24) is 9.78 Å². The van der Waals surface area contributed by atoms with E-state index in [-0.39, 0.29) is 5.56 Å². The summed E-state index contributed by atoms with van der Waals surface area (Å²) in [6.07, 6.45) is 0. The summed E-state index contributed by atoms with van der Waals surface area (Å²) in [6, 6.07) is 8.98. The summed E-state index contributed by atoms with van der Waals surface area (Å²) >= 11 is 5.82. The van der Waals surface area contributed by atoms with E-state index in [2.05, 4.69) is 5.10 Å². The van der Waals surface area contributed by atoms with Crippen LogP contribution in [0.15, 0.2) is 35.1 Å². The normalized spacial score (nSPS) is 10.4. The molecule has 0 atom stereocenters. The lowest BCUT2D eigenvalue weighted by atomic mass is 10.1. The van der Waals surface area contributed by atoms with Gasteiger partial charge in [-0.2, -0.15) is 5.10 Å². The van der Waals surface area contributed by atoms with Crippen LogP contribution in [0.4, 0.5) is 0 Å². The third-order valence-electron chi connectivity index (χ3n) is 2.40. The largest absolute Gasteiger partial charge is 0.268 e. The molecule has 0 fully saturated rings. The average molecular weight is 235 g/mol. The van der Waals surface area contributed by atoms with Crippen LogP contribution in [0.25, 0.3) is 11.3 Å². The van der Waals surface area contributed by atoms with Gasteiger partial charge in [-0.1, -0.05) is 23.7 Å². The van der Waals surface area contributed by atoms with E-state index in [0.29, 0.717) is 5.02 Å². The van der Waals surface area contributed by atoms with Crippen molar-refractivity contribution >= 4 is 11.6 Å². The van der Waals surface area contributed by atoms with Crippen molar-refractivity contribution < 1.29 is 0 Å². The second-order valence-corrected chi connectivity index (χ2v) is 4.08. The fraction of sp³-hybridized carbons (Fsp3) is 0.167. The Labute approximate surface area is 98.3 Å². The smallest absolute Gasteiger partial charge is 0.266 e. The lowest BCUT2D eigenvalue weighted by Crippen LogP contribution is -2.19. The topological polar surface area (TPSA) is 34.9 Å². The fourth-order valence-electron chi connectivity index (χ4n) is 1.52. The summed E-state index contributed by atoms with van der Waals surface area (Å²) in [4.78, 5) is 11.4. The van der Waals surface area contributed by atoms with E-state index in [1.807, 2.05) is 31.2 Å². The molecular weight excluding hydrogens is 224 g/mol. The molecule has 0 amide bonds. The van der Waals surface area contributed by atoms with E-state index in [1.165, 1.54) is 4.68 Å². The Bertz CT molecular complexity index is 573. The molecule has 16 heavy (non-hydrogen) atoms. The Kier molecular flexibility index (Phi) is 2.79. The van der Waals surface area contributed by atoms with E-state index in [9.17, 15) is 4.79 Å². The van der Waals surface area contributed by atoms with Gasteiger partial charge in [0.25, 0.3) is 5.56 Å². The number of hydrogen-bond donors (Lipinski definition) is 0. The molecule has 0 bridgehead atoms. The van der Waals surface area contributed by atoms with Gasteiger partial charge in [-0.05, 0) is 24.6 Å². The summed E-state index contributed by atoms with van der Waals surface area (Å²) in [5.41, 5.74) is 2.52. The first-order valence-electron chi connectivity index (χ1n) is 4.89. The molecule has 82 valence electrons. The zero-order valence-corrected chi connectivity index (χ0v) is 9.82. The number of hydrogen-bond acceptors (Lipinski definition) is 2. The second-order valence-electron chi connectivity index (χ2n) is 3.64. The Morgan fingerprint density at radius 1 is 1.25 bits per heavy atom. The highest BCUT2D eigenvalue weighted by atomic mass is 35.5. The van der Waals surface area contributed by atoms with Gasteiger partial charge in [0.2, 0.25) is 0 Å². The van der Waals surface area contributed by atoms with Crippen molar-refractivity contribution in [3.05, 3.63) is 51.3 Å². The van der Waals surface area contributed by atoms with Crippen LogP contribution in [0.5, 0.6) is 0 Å². The fourth-order valence-corrected chi connectivity index (χ4v) is 1.64. The van der Waals surface area contributed by atoms with Crippen molar-refractivity contribution in [2.45, 2.75) is 6.92 Å². The van der Waals surface area contributed by atoms with E-state index < -0.39 is 0 Å². The van der Waals surface area contributed by atoms with Gasteiger partial charge in [0, 0.05) is 23.7 Å². The highest BCUT2D eigenvalue weighted by Gasteiger charge is 2.05. The van der Waals surface area contributed by atoms with Gasteiger partial charge in [0.1, 0.15) is 0 Å². The molecule has 0 saturated heterocycles. The molecule has 1 aromatic carbocycles. The van der Waals surface area contributed by atoms with Crippen molar-refractivity contribution in [2.75, 3.05) is 0 Å². The number of halogens is 1. The maximum absolute atomic E-state index is 11.4. The number of rotatable bonds is 1. The highest BCUT2D eigenvalue weighted by molar-refractivity contribution is 6.30. The zero-order valence-electron chi connectivity index (χ0n) is 9.07. The summed E-state index contributed by atoms with van der Waals surface area (Å²) in [5.74, 6) is 0. The van der Waals surface area contributed by atoms with Crippen LogP contribution in [0.3, 0.4) is 0 Å². The molecule has 0 spiro atoms. The van der Waals surface area contributed by atoms with Gasteiger partial charge in [-0.15, -0.1) is 0 Å². The summed E-state index contributed by atoms with van der Waals surface area (Å²) < 4.78 is 1.33. The second kappa shape index (κ2) is 4.10. The number of nitrogens with zero attached hydrogens (tertiary/aromatic N) is 2. The Balaban J connectivity index is 2.60.